The molecule has 1 aromatic rings. The Morgan fingerprint density at radius 2 is 2.11 bits per heavy atom. The summed E-state index contributed by atoms with van der Waals surface area (Å²) in [4.78, 5) is 23.0. The maximum atomic E-state index is 11.9. The molecule has 1 rings (SSSR count). The third-order valence-corrected chi connectivity index (χ3v) is 2.60. The largest absolute Gasteiger partial charge is 0.496 e. The molecule has 0 aliphatic rings. The Morgan fingerprint density at radius 1 is 1.39 bits per heavy atom. The topological polar surface area (TPSA) is 64.6 Å². The van der Waals surface area contributed by atoms with Crippen LogP contribution in [0.3, 0.4) is 0 Å². The van der Waals surface area contributed by atoms with Crippen LogP contribution in [0.5, 0.6) is 5.75 Å². The molecule has 0 heterocycles. The van der Waals surface area contributed by atoms with Gasteiger partial charge in [-0.2, -0.15) is 0 Å². The van der Waals surface area contributed by atoms with Crippen molar-refractivity contribution in [3.05, 3.63) is 28.2 Å². The molecule has 1 aromatic carbocycles. The number of amides is 1. The van der Waals surface area contributed by atoms with Crippen LogP contribution in [0.4, 0.5) is 0 Å². The second-order valence-corrected chi connectivity index (χ2v) is 4.25. The quantitative estimate of drug-likeness (QED) is 0.841. The molecule has 0 radical (unpaired) electrons. The molecule has 0 saturated heterocycles. The lowest BCUT2D eigenvalue weighted by Crippen LogP contribution is -2.30. The summed E-state index contributed by atoms with van der Waals surface area (Å²) in [5.41, 5.74) is 0.358. The first kappa shape index (κ1) is 14.5. The Bertz CT molecular complexity index is 448. The zero-order valence-electron chi connectivity index (χ0n) is 10.2. The average molecular weight is 316 g/mol. The predicted octanol–water partition coefficient (Wildman–Crippen LogP) is 1.75. The third kappa shape index (κ3) is 4.03. The number of hydrogen-bond acceptors (Lipinski definition) is 4. The van der Waals surface area contributed by atoms with Crippen LogP contribution >= 0.6 is 15.9 Å². The van der Waals surface area contributed by atoms with Crippen LogP contribution in [0.1, 0.15) is 17.3 Å². The Kier molecular flexibility index (Phi) is 5.64. The van der Waals surface area contributed by atoms with E-state index in [2.05, 4.69) is 21.2 Å². The second kappa shape index (κ2) is 7.00. The predicted molar refractivity (Wildman–Crippen MR) is 69.7 cm³/mol. The van der Waals surface area contributed by atoms with Crippen LogP contribution in [-0.2, 0) is 9.53 Å². The van der Waals surface area contributed by atoms with Crippen molar-refractivity contribution in [3.63, 3.8) is 0 Å². The molecule has 0 spiro atoms. The first-order valence-corrected chi connectivity index (χ1v) is 6.15. The van der Waals surface area contributed by atoms with Gasteiger partial charge in [-0.3, -0.25) is 9.59 Å². The fourth-order valence-electron chi connectivity index (χ4n) is 1.32. The average Bonchev–Trinajstić information content (AvgIpc) is 2.36. The number of rotatable bonds is 5. The fraction of sp³-hybridized carbons (Fsp3) is 0.333. The maximum absolute atomic E-state index is 11.9. The monoisotopic (exact) mass is 315 g/mol. The minimum absolute atomic E-state index is 0.164. The molecule has 98 valence electrons. The van der Waals surface area contributed by atoms with E-state index in [4.69, 9.17) is 9.47 Å². The first-order valence-electron chi connectivity index (χ1n) is 5.35. The van der Waals surface area contributed by atoms with Gasteiger partial charge in [-0.15, -0.1) is 0 Å². The van der Waals surface area contributed by atoms with E-state index in [0.29, 0.717) is 11.3 Å². The van der Waals surface area contributed by atoms with Gasteiger partial charge in [0.25, 0.3) is 5.91 Å². The highest BCUT2D eigenvalue weighted by Gasteiger charge is 2.13. The zero-order valence-corrected chi connectivity index (χ0v) is 11.7. The van der Waals surface area contributed by atoms with Crippen molar-refractivity contribution in [1.82, 2.24) is 5.32 Å². The van der Waals surface area contributed by atoms with Gasteiger partial charge in [0.1, 0.15) is 12.3 Å². The van der Waals surface area contributed by atoms with Gasteiger partial charge in [-0.25, -0.2) is 0 Å². The number of halogens is 1. The number of hydrogen-bond donors (Lipinski definition) is 1. The zero-order chi connectivity index (χ0) is 13.5. The van der Waals surface area contributed by atoms with Crippen LogP contribution in [0, 0.1) is 0 Å². The van der Waals surface area contributed by atoms with Gasteiger partial charge in [0.05, 0.1) is 19.3 Å². The summed E-state index contributed by atoms with van der Waals surface area (Å²) in [6.45, 7) is 1.83. The molecule has 0 aliphatic carbocycles. The number of ether oxygens (including phenoxy) is 2. The Labute approximate surface area is 114 Å². The van der Waals surface area contributed by atoms with Crippen LogP contribution in [0.15, 0.2) is 22.7 Å². The molecule has 0 aromatic heterocycles. The van der Waals surface area contributed by atoms with E-state index in [1.54, 1.807) is 25.1 Å². The van der Waals surface area contributed by atoms with Crippen molar-refractivity contribution in [3.8, 4) is 5.75 Å². The molecule has 0 atom stereocenters. The van der Waals surface area contributed by atoms with E-state index in [0.717, 1.165) is 4.47 Å². The molecule has 0 unspecified atom stereocenters. The summed E-state index contributed by atoms with van der Waals surface area (Å²) in [7, 11) is 1.48. The van der Waals surface area contributed by atoms with Crippen LogP contribution in [0.25, 0.3) is 0 Å². The molecule has 5 nitrogen and oxygen atoms in total. The second-order valence-electron chi connectivity index (χ2n) is 3.33. The van der Waals surface area contributed by atoms with Crippen molar-refractivity contribution >= 4 is 27.8 Å². The smallest absolute Gasteiger partial charge is 0.325 e. The van der Waals surface area contributed by atoms with E-state index >= 15 is 0 Å². The summed E-state index contributed by atoms with van der Waals surface area (Å²) in [5, 5.41) is 2.47. The standard InChI is InChI=1S/C12H14BrNO4/c1-3-18-11(15)7-14-12(16)9-6-8(13)4-5-10(9)17-2/h4-6H,3,7H2,1-2H3,(H,14,16). The van der Waals surface area contributed by atoms with Crippen molar-refractivity contribution in [2.75, 3.05) is 20.3 Å². The van der Waals surface area contributed by atoms with E-state index in [1.807, 2.05) is 0 Å². The van der Waals surface area contributed by atoms with Gasteiger partial charge in [-0.1, -0.05) is 15.9 Å². The van der Waals surface area contributed by atoms with E-state index in [-0.39, 0.29) is 19.1 Å². The minimum atomic E-state index is -0.472. The Hall–Kier alpha value is -1.56. The maximum Gasteiger partial charge on any atom is 0.325 e. The highest BCUT2D eigenvalue weighted by Crippen LogP contribution is 2.22. The molecule has 0 saturated carbocycles. The summed E-state index contributed by atoms with van der Waals surface area (Å²) in [5.74, 6) is -0.416. The van der Waals surface area contributed by atoms with Crippen LogP contribution in [0.2, 0.25) is 0 Å². The summed E-state index contributed by atoms with van der Waals surface area (Å²) >= 11 is 3.27. The summed E-state index contributed by atoms with van der Waals surface area (Å²) in [6.07, 6.45) is 0. The number of benzene rings is 1. The van der Waals surface area contributed by atoms with E-state index < -0.39 is 5.97 Å². The molecule has 0 fully saturated rings. The molecular formula is C12H14BrNO4. The summed E-state index contributed by atoms with van der Waals surface area (Å²) in [6, 6.07) is 5.06. The highest BCUT2D eigenvalue weighted by molar-refractivity contribution is 9.10. The van der Waals surface area contributed by atoms with Crippen LogP contribution in [-0.4, -0.2) is 32.1 Å². The molecular weight excluding hydrogens is 302 g/mol. The van der Waals surface area contributed by atoms with Gasteiger partial charge >= 0.3 is 5.97 Å². The SMILES string of the molecule is CCOC(=O)CNC(=O)c1cc(Br)ccc1OC. The normalized spacial score (nSPS) is 9.72. The van der Waals surface area contributed by atoms with Gasteiger partial charge in [-0.05, 0) is 25.1 Å². The number of nitrogens with one attached hydrogen (secondary N) is 1. The minimum Gasteiger partial charge on any atom is -0.496 e. The fourth-order valence-corrected chi connectivity index (χ4v) is 1.68. The molecule has 6 heteroatoms. The molecule has 1 amide bonds. The Morgan fingerprint density at radius 3 is 2.72 bits per heavy atom. The molecule has 0 bridgehead atoms. The number of esters is 1. The van der Waals surface area contributed by atoms with Crippen LogP contribution < -0.4 is 10.1 Å². The van der Waals surface area contributed by atoms with Gasteiger partial charge in [0.2, 0.25) is 0 Å². The van der Waals surface area contributed by atoms with Crippen molar-refractivity contribution in [2.45, 2.75) is 6.92 Å². The van der Waals surface area contributed by atoms with Crippen molar-refractivity contribution in [2.24, 2.45) is 0 Å². The number of carbonyl (C=O) groups excluding carboxylic acids is 2. The number of carbonyl (C=O) groups is 2. The van der Waals surface area contributed by atoms with Gasteiger partial charge in [0.15, 0.2) is 0 Å². The molecule has 0 aliphatic heterocycles. The first-order chi connectivity index (χ1) is 8.58. The van der Waals surface area contributed by atoms with E-state index in [9.17, 15) is 9.59 Å². The van der Waals surface area contributed by atoms with Crippen molar-refractivity contribution < 1.29 is 19.1 Å². The molecule has 18 heavy (non-hydrogen) atoms. The lowest BCUT2D eigenvalue weighted by molar-refractivity contribution is -0.141. The Balaban J connectivity index is 2.71. The van der Waals surface area contributed by atoms with E-state index in [1.165, 1.54) is 7.11 Å². The summed E-state index contributed by atoms with van der Waals surface area (Å²) < 4.78 is 10.5. The highest BCUT2D eigenvalue weighted by atomic mass is 79.9. The lowest BCUT2D eigenvalue weighted by Gasteiger charge is -2.09. The lowest BCUT2D eigenvalue weighted by atomic mass is 10.2. The van der Waals surface area contributed by atoms with Gasteiger partial charge in [0, 0.05) is 4.47 Å². The van der Waals surface area contributed by atoms with Crippen molar-refractivity contribution in [1.29, 1.82) is 0 Å². The number of methoxy groups -OCH3 is 1. The molecule has 1 N–H and O–H groups in total. The third-order valence-electron chi connectivity index (χ3n) is 2.10. The van der Waals surface area contributed by atoms with Gasteiger partial charge < -0.3 is 14.8 Å².